The lowest BCUT2D eigenvalue weighted by atomic mass is 9.83. The summed E-state index contributed by atoms with van der Waals surface area (Å²) < 4.78 is 13.7. The van der Waals surface area contributed by atoms with E-state index < -0.39 is 5.97 Å². The normalized spacial score (nSPS) is 12.3. The van der Waals surface area contributed by atoms with Crippen molar-refractivity contribution in [3.8, 4) is 5.75 Å². The molecule has 1 unspecified atom stereocenters. The minimum Gasteiger partial charge on any atom is -0.486 e. The third kappa shape index (κ3) is 6.60. The fraction of sp³-hybridized carbons (Fsp3) is 0.346. The first-order valence-electron chi connectivity index (χ1n) is 11.0. The minimum atomic E-state index is -0.617. The third-order valence-corrected chi connectivity index (χ3v) is 6.62. The predicted octanol–water partition coefficient (Wildman–Crippen LogP) is 6.09. The van der Waals surface area contributed by atoms with Crippen LogP contribution in [-0.2, 0) is 17.8 Å². The lowest BCUT2D eigenvalue weighted by Gasteiger charge is -2.33. The van der Waals surface area contributed by atoms with E-state index in [2.05, 4.69) is 48.3 Å². The Morgan fingerprint density at radius 1 is 1.21 bits per heavy atom. The molecule has 0 N–H and O–H groups in total. The second-order valence-corrected chi connectivity index (χ2v) is 10.4. The summed E-state index contributed by atoms with van der Waals surface area (Å²) in [6, 6.07) is 13.1. The second-order valence-electron chi connectivity index (χ2n) is 8.98. The molecule has 8 heteroatoms. The van der Waals surface area contributed by atoms with E-state index in [9.17, 15) is 9.59 Å². The van der Waals surface area contributed by atoms with Crippen LogP contribution >= 0.6 is 34.2 Å². The van der Waals surface area contributed by atoms with Gasteiger partial charge in [0.15, 0.2) is 16.3 Å². The van der Waals surface area contributed by atoms with Crippen LogP contribution in [0.2, 0.25) is 5.15 Å². The van der Waals surface area contributed by atoms with Crippen molar-refractivity contribution in [2.45, 2.75) is 46.8 Å². The van der Waals surface area contributed by atoms with E-state index in [1.54, 1.807) is 19.3 Å². The summed E-state index contributed by atoms with van der Waals surface area (Å²) in [6.07, 6.45) is 3.89. The first-order chi connectivity index (χ1) is 16.1. The Bertz CT molecular complexity index is 1210. The molecule has 3 aromatic rings. The van der Waals surface area contributed by atoms with Crippen LogP contribution in [0.5, 0.6) is 5.75 Å². The summed E-state index contributed by atoms with van der Waals surface area (Å²) in [4.78, 5) is 29.1. The third-order valence-electron chi connectivity index (χ3n) is 5.42. The van der Waals surface area contributed by atoms with E-state index in [-0.39, 0.29) is 29.1 Å². The van der Waals surface area contributed by atoms with Crippen molar-refractivity contribution in [1.82, 2.24) is 9.55 Å². The average molecular weight is 595 g/mol. The number of esters is 1. The molecule has 0 aliphatic heterocycles. The summed E-state index contributed by atoms with van der Waals surface area (Å²) in [5.74, 6) is -0.102. The molecule has 3 rings (SSSR count). The van der Waals surface area contributed by atoms with Crippen molar-refractivity contribution in [2.75, 3.05) is 6.61 Å². The lowest BCUT2D eigenvalue weighted by molar-refractivity contribution is 0.0523. The Hall–Kier alpha value is -2.39. The first-order valence-corrected chi connectivity index (χ1v) is 12.5. The highest BCUT2D eigenvalue weighted by molar-refractivity contribution is 14.1. The molecule has 0 aliphatic carbocycles. The van der Waals surface area contributed by atoms with E-state index in [0.29, 0.717) is 23.9 Å². The van der Waals surface area contributed by atoms with Crippen molar-refractivity contribution in [3.63, 3.8) is 0 Å². The maximum absolute atomic E-state index is 12.3. The Kier molecular flexibility index (Phi) is 8.76. The monoisotopic (exact) mass is 594 g/mol. The number of benzene rings is 1. The molecule has 0 saturated heterocycles. The lowest BCUT2D eigenvalue weighted by Crippen LogP contribution is -2.29. The Labute approximate surface area is 218 Å². The van der Waals surface area contributed by atoms with E-state index in [1.165, 1.54) is 6.07 Å². The van der Waals surface area contributed by atoms with Crippen LogP contribution in [0, 0.1) is 9.12 Å². The van der Waals surface area contributed by atoms with Crippen LogP contribution < -0.4 is 10.2 Å². The van der Waals surface area contributed by atoms with Gasteiger partial charge in [0.25, 0.3) is 0 Å². The van der Waals surface area contributed by atoms with Crippen LogP contribution in [0.25, 0.3) is 0 Å². The van der Waals surface area contributed by atoms with E-state index in [4.69, 9.17) is 21.1 Å². The number of aromatic nitrogens is 2. The van der Waals surface area contributed by atoms with Gasteiger partial charge in [-0.25, -0.2) is 9.78 Å². The van der Waals surface area contributed by atoms with Crippen molar-refractivity contribution < 1.29 is 14.3 Å². The van der Waals surface area contributed by atoms with Crippen molar-refractivity contribution in [2.24, 2.45) is 5.41 Å². The highest BCUT2D eigenvalue weighted by Crippen LogP contribution is 2.36. The summed E-state index contributed by atoms with van der Waals surface area (Å²) in [5, 5.41) is 0.310. The van der Waals surface area contributed by atoms with Gasteiger partial charge in [-0.3, -0.25) is 4.79 Å². The van der Waals surface area contributed by atoms with Crippen molar-refractivity contribution >= 4 is 40.2 Å². The fourth-order valence-corrected chi connectivity index (χ4v) is 4.55. The van der Waals surface area contributed by atoms with E-state index in [0.717, 1.165) is 14.8 Å². The largest absolute Gasteiger partial charge is 0.486 e. The van der Waals surface area contributed by atoms with Crippen LogP contribution in [-0.4, -0.2) is 22.1 Å². The van der Waals surface area contributed by atoms with Gasteiger partial charge in [-0.2, -0.15) is 0 Å². The Balaban J connectivity index is 1.93. The number of halogens is 2. The molecule has 0 spiro atoms. The molecule has 2 heterocycles. The molecule has 34 heavy (non-hydrogen) atoms. The highest BCUT2D eigenvalue weighted by Gasteiger charge is 2.28. The number of rotatable bonds is 8. The van der Waals surface area contributed by atoms with Crippen LogP contribution in [0.15, 0.2) is 59.7 Å². The van der Waals surface area contributed by atoms with Gasteiger partial charge in [-0.05, 0) is 58.5 Å². The molecule has 180 valence electrons. The fourth-order valence-electron chi connectivity index (χ4n) is 3.59. The summed E-state index contributed by atoms with van der Waals surface area (Å²) in [5.41, 5.74) is 1.46. The van der Waals surface area contributed by atoms with Crippen LogP contribution in [0.1, 0.15) is 55.2 Å². The number of pyridine rings is 2. The molecule has 0 bridgehead atoms. The maximum atomic E-state index is 12.3. The number of ether oxygens (including phenoxy) is 2. The standard InChI is InChI=1S/C26H28ClIN2O4/c1-5-33-25(32)19-15-30(12-11-20(19)31)22(26(2,3)4)14-18-13-21(23(27)29-24(18)28)34-16-17-9-7-6-8-10-17/h6-13,15,22H,5,14,16H2,1-4H3. The Morgan fingerprint density at radius 3 is 2.56 bits per heavy atom. The number of hydrogen-bond acceptors (Lipinski definition) is 5. The predicted molar refractivity (Wildman–Crippen MR) is 142 cm³/mol. The number of nitrogens with zero attached hydrogens (tertiary/aromatic N) is 2. The number of carbonyl (C=O) groups excluding carboxylic acids is 1. The van der Waals surface area contributed by atoms with Gasteiger partial charge in [-0.1, -0.05) is 62.7 Å². The Morgan fingerprint density at radius 2 is 1.91 bits per heavy atom. The number of hydrogen-bond donors (Lipinski definition) is 0. The van der Waals surface area contributed by atoms with Crippen molar-refractivity contribution in [1.29, 1.82) is 0 Å². The average Bonchev–Trinajstić information content (AvgIpc) is 2.78. The SMILES string of the molecule is CCOC(=O)c1cn(C(Cc2cc(OCc3ccccc3)c(Cl)nc2I)C(C)(C)C)ccc1=O. The molecule has 0 amide bonds. The van der Waals surface area contributed by atoms with Crippen molar-refractivity contribution in [3.05, 3.63) is 90.6 Å². The van der Waals surface area contributed by atoms with Gasteiger partial charge in [0, 0.05) is 24.5 Å². The zero-order chi connectivity index (χ0) is 24.9. The molecule has 6 nitrogen and oxygen atoms in total. The smallest absolute Gasteiger partial charge is 0.343 e. The van der Waals surface area contributed by atoms with Gasteiger partial charge in [-0.15, -0.1) is 0 Å². The molecule has 0 saturated carbocycles. The minimum absolute atomic E-state index is 0.0226. The molecule has 0 fully saturated rings. The molecule has 1 atom stereocenters. The van der Waals surface area contributed by atoms with Gasteiger partial charge in [0.2, 0.25) is 0 Å². The summed E-state index contributed by atoms with van der Waals surface area (Å²) in [7, 11) is 0. The molecule has 2 aromatic heterocycles. The summed E-state index contributed by atoms with van der Waals surface area (Å²) >= 11 is 8.55. The summed E-state index contributed by atoms with van der Waals surface area (Å²) in [6.45, 7) is 8.64. The first kappa shape index (κ1) is 26.2. The van der Waals surface area contributed by atoms with Gasteiger partial charge < -0.3 is 14.0 Å². The van der Waals surface area contributed by atoms with Crippen LogP contribution in [0.4, 0.5) is 0 Å². The molecule has 0 aliphatic rings. The number of carbonyl (C=O) groups is 1. The molecule has 1 aromatic carbocycles. The molecular weight excluding hydrogens is 567 g/mol. The van der Waals surface area contributed by atoms with Gasteiger partial charge in [0.05, 0.1) is 6.61 Å². The van der Waals surface area contributed by atoms with Crippen LogP contribution in [0.3, 0.4) is 0 Å². The molecular formula is C26H28ClIN2O4. The zero-order valence-electron chi connectivity index (χ0n) is 19.7. The molecule has 0 radical (unpaired) electrons. The van der Waals surface area contributed by atoms with Gasteiger partial charge >= 0.3 is 5.97 Å². The quantitative estimate of drug-likeness (QED) is 0.179. The zero-order valence-corrected chi connectivity index (χ0v) is 22.6. The van der Waals surface area contributed by atoms with E-state index in [1.807, 2.05) is 41.0 Å². The highest BCUT2D eigenvalue weighted by atomic mass is 127. The topological polar surface area (TPSA) is 70.4 Å². The van der Waals surface area contributed by atoms with Gasteiger partial charge in [0.1, 0.15) is 15.9 Å². The second kappa shape index (κ2) is 11.4. The van der Waals surface area contributed by atoms with E-state index >= 15 is 0 Å². The maximum Gasteiger partial charge on any atom is 0.343 e.